The van der Waals surface area contributed by atoms with Gasteiger partial charge in [-0.3, -0.25) is 4.79 Å². The van der Waals surface area contributed by atoms with Gasteiger partial charge in [-0.05, 0) is 24.0 Å². The molecular weight excluding hydrogens is 238 g/mol. The standard InChI is InChI=1S/C16H25NO2/c1-4-6-7-15(16(18)19-3)17-12-14-10-8-13(5-2)9-11-14/h8-11,15,17H,4-7,12H2,1-3H3. The van der Waals surface area contributed by atoms with E-state index >= 15 is 0 Å². The second kappa shape index (κ2) is 8.70. The number of hydrogen-bond acceptors (Lipinski definition) is 3. The number of hydrogen-bond donors (Lipinski definition) is 1. The zero-order valence-corrected chi connectivity index (χ0v) is 12.2. The third kappa shape index (κ3) is 5.43. The van der Waals surface area contributed by atoms with Crippen LogP contribution in [0, 0.1) is 0 Å². The lowest BCUT2D eigenvalue weighted by atomic mass is 10.1. The van der Waals surface area contributed by atoms with Gasteiger partial charge in [-0.15, -0.1) is 0 Å². The summed E-state index contributed by atoms with van der Waals surface area (Å²) in [4.78, 5) is 11.7. The van der Waals surface area contributed by atoms with E-state index in [4.69, 9.17) is 4.74 Å². The zero-order chi connectivity index (χ0) is 14.1. The van der Waals surface area contributed by atoms with Crippen molar-refractivity contribution in [3.63, 3.8) is 0 Å². The minimum absolute atomic E-state index is 0.168. The van der Waals surface area contributed by atoms with Crippen LogP contribution in [-0.2, 0) is 22.5 Å². The Hall–Kier alpha value is -1.35. The van der Waals surface area contributed by atoms with E-state index in [2.05, 4.69) is 43.4 Å². The topological polar surface area (TPSA) is 38.3 Å². The van der Waals surface area contributed by atoms with Gasteiger partial charge in [0.25, 0.3) is 0 Å². The van der Waals surface area contributed by atoms with Crippen molar-refractivity contribution in [2.24, 2.45) is 0 Å². The van der Waals surface area contributed by atoms with Crippen LogP contribution in [0.5, 0.6) is 0 Å². The zero-order valence-electron chi connectivity index (χ0n) is 12.2. The highest BCUT2D eigenvalue weighted by Gasteiger charge is 2.17. The summed E-state index contributed by atoms with van der Waals surface area (Å²) in [5, 5.41) is 3.28. The monoisotopic (exact) mass is 263 g/mol. The summed E-state index contributed by atoms with van der Waals surface area (Å²) in [7, 11) is 1.44. The first-order chi connectivity index (χ1) is 9.21. The maximum absolute atomic E-state index is 11.7. The Bertz CT molecular complexity index is 373. The Morgan fingerprint density at radius 2 is 1.84 bits per heavy atom. The van der Waals surface area contributed by atoms with Crippen molar-refractivity contribution in [1.29, 1.82) is 0 Å². The van der Waals surface area contributed by atoms with Crippen LogP contribution in [0.3, 0.4) is 0 Å². The van der Waals surface area contributed by atoms with E-state index in [-0.39, 0.29) is 12.0 Å². The molecule has 1 rings (SSSR count). The van der Waals surface area contributed by atoms with Crippen LogP contribution in [0.4, 0.5) is 0 Å². The highest BCUT2D eigenvalue weighted by molar-refractivity contribution is 5.75. The quantitative estimate of drug-likeness (QED) is 0.733. The summed E-state index contributed by atoms with van der Waals surface area (Å²) >= 11 is 0. The molecule has 0 heterocycles. The lowest BCUT2D eigenvalue weighted by molar-refractivity contribution is -0.143. The van der Waals surface area contributed by atoms with Gasteiger partial charge < -0.3 is 10.1 Å². The molecule has 19 heavy (non-hydrogen) atoms. The molecule has 0 amide bonds. The molecule has 0 radical (unpaired) electrons. The van der Waals surface area contributed by atoms with Crippen LogP contribution in [0.1, 0.15) is 44.2 Å². The molecule has 1 N–H and O–H groups in total. The molecule has 1 unspecified atom stereocenters. The SMILES string of the molecule is CCCCC(NCc1ccc(CC)cc1)C(=O)OC. The molecule has 106 valence electrons. The van der Waals surface area contributed by atoms with Crippen molar-refractivity contribution < 1.29 is 9.53 Å². The summed E-state index contributed by atoms with van der Waals surface area (Å²) < 4.78 is 4.83. The van der Waals surface area contributed by atoms with Crippen molar-refractivity contribution >= 4 is 5.97 Å². The number of esters is 1. The molecule has 3 heteroatoms. The molecule has 0 aliphatic rings. The summed E-state index contributed by atoms with van der Waals surface area (Å²) in [6.07, 6.45) is 3.99. The first-order valence-corrected chi connectivity index (χ1v) is 7.10. The Kier molecular flexibility index (Phi) is 7.19. The van der Waals surface area contributed by atoms with E-state index in [9.17, 15) is 4.79 Å². The van der Waals surface area contributed by atoms with Gasteiger partial charge in [0.05, 0.1) is 7.11 Å². The molecular formula is C16H25NO2. The minimum atomic E-state index is -0.198. The Morgan fingerprint density at radius 1 is 1.21 bits per heavy atom. The Morgan fingerprint density at radius 3 is 2.37 bits per heavy atom. The highest BCUT2D eigenvalue weighted by Crippen LogP contribution is 2.07. The molecule has 0 aliphatic heterocycles. The first kappa shape index (κ1) is 15.7. The largest absolute Gasteiger partial charge is 0.468 e. The third-order valence-electron chi connectivity index (χ3n) is 3.32. The van der Waals surface area contributed by atoms with Crippen molar-refractivity contribution in [1.82, 2.24) is 5.32 Å². The molecule has 1 atom stereocenters. The molecule has 1 aromatic carbocycles. The molecule has 0 aromatic heterocycles. The number of benzene rings is 1. The van der Waals surface area contributed by atoms with Gasteiger partial charge in [0.1, 0.15) is 6.04 Å². The van der Waals surface area contributed by atoms with E-state index in [0.29, 0.717) is 6.54 Å². The van der Waals surface area contributed by atoms with E-state index in [1.54, 1.807) is 0 Å². The highest BCUT2D eigenvalue weighted by atomic mass is 16.5. The van der Waals surface area contributed by atoms with Crippen LogP contribution in [0.2, 0.25) is 0 Å². The van der Waals surface area contributed by atoms with Crippen LogP contribution in [-0.4, -0.2) is 19.1 Å². The van der Waals surface area contributed by atoms with Crippen LogP contribution in [0.25, 0.3) is 0 Å². The number of carbonyl (C=O) groups is 1. The smallest absolute Gasteiger partial charge is 0.322 e. The van der Waals surface area contributed by atoms with Crippen LogP contribution in [0.15, 0.2) is 24.3 Å². The third-order valence-corrected chi connectivity index (χ3v) is 3.32. The molecule has 1 aromatic rings. The van der Waals surface area contributed by atoms with Gasteiger partial charge in [0.15, 0.2) is 0 Å². The number of aryl methyl sites for hydroxylation is 1. The number of methoxy groups -OCH3 is 1. The van der Waals surface area contributed by atoms with E-state index in [0.717, 1.165) is 25.7 Å². The summed E-state index contributed by atoms with van der Waals surface area (Å²) in [6.45, 7) is 4.97. The number of nitrogens with one attached hydrogen (secondary N) is 1. The summed E-state index contributed by atoms with van der Waals surface area (Å²) in [6, 6.07) is 8.29. The van der Waals surface area contributed by atoms with Gasteiger partial charge in [-0.1, -0.05) is 51.0 Å². The molecule has 3 nitrogen and oxygen atoms in total. The maximum Gasteiger partial charge on any atom is 0.322 e. The number of carbonyl (C=O) groups excluding carboxylic acids is 1. The molecule has 0 bridgehead atoms. The predicted octanol–water partition coefficient (Wildman–Crippen LogP) is 3.07. The first-order valence-electron chi connectivity index (χ1n) is 7.10. The molecule has 0 saturated carbocycles. The van der Waals surface area contributed by atoms with Gasteiger partial charge in [-0.25, -0.2) is 0 Å². The normalized spacial score (nSPS) is 12.2. The second-order valence-corrected chi connectivity index (χ2v) is 4.77. The van der Waals surface area contributed by atoms with Gasteiger partial charge >= 0.3 is 5.97 Å². The van der Waals surface area contributed by atoms with Crippen molar-refractivity contribution in [2.75, 3.05) is 7.11 Å². The lowest BCUT2D eigenvalue weighted by Gasteiger charge is -2.16. The van der Waals surface area contributed by atoms with Crippen molar-refractivity contribution in [3.05, 3.63) is 35.4 Å². The van der Waals surface area contributed by atoms with E-state index < -0.39 is 0 Å². The maximum atomic E-state index is 11.7. The lowest BCUT2D eigenvalue weighted by Crippen LogP contribution is -2.37. The van der Waals surface area contributed by atoms with Crippen molar-refractivity contribution in [2.45, 2.75) is 52.1 Å². The molecule has 0 spiro atoms. The van der Waals surface area contributed by atoms with E-state index in [1.165, 1.54) is 18.2 Å². The average molecular weight is 263 g/mol. The average Bonchev–Trinajstić information content (AvgIpc) is 2.47. The Labute approximate surface area is 116 Å². The molecule has 0 aliphatic carbocycles. The molecule has 0 fully saturated rings. The van der Waals surface area contributed by atoms with Crippen LogP contribution >= 0.6 is 0 Å². The molecule has 0 saturated heterocycles. The summed E-state index contributed by atoms with van der Waals surface area (Å²) in [5.74, 6) is -0.168. The minimum Gasteiger partial charge on any atom is -0.468 e. The predicted molar refractivity (Wildman–Crippen MR) is 78.0 cm³/mol. The van der Waals surface area contributed by atoms with Gasteiger partial charge in [0.2, 0.25) is 0 Å². The van der Waals surface area contributed by atoms with Crippen LogP contribution < -0.4 is 5.32 Å². The fraction of sp³-hybridized carbons (Fsp3) is 0.562. The second-order valence-electron chi connectivity index (χ2n) is 4.77. The fourth-order valence-corrected chi connectivity index (χ4v) is 1.99. The Balaban J connectivity index is 2.51. The number of rotatable bonds is 8. The number of ether oxygens (including phenoxy) is 1. The number of unbranched alkanes of at least 4 members (excludes halogenated alkanes) is 1. The van der Waals surface area contributed by atoms with Gasteiger partial charge in [0, 0.05) is 6.54 Å². The fourth-order valence-electron chi connectivity index (χ4n) is 1.99. The summed E-state index contributed by atoms with van der Waals surface area (Å²) in [5.41, 5.74) is 2.53. The van der Waals surface area contributed by atoms with Crippen molar-refractivity contribution in [3.8, 4) is 0 Å². The van der Waals surface area contributed by atoms with E-state index in [1.807, 2.05) is 0 Å². The van der Waals surface area contributed by atoms with Gasteiger partial charge in [-0.2, -0.15) is 0 Å².